The van der Waals surface area contributed by atoms with Gasteiger partial charge in [0.1, 0.15) is 5.69 Å². The smallest absolute Gasteiger partial charge is 0.355 e. The Kier molecular flexibility index (Phi) is 5.35. The molecule has 2 aromatic heterocycles. The normalized spacial score (nSPS) is 10.6. The fraction of sp³-hybridized carbons (Fsp3) is 0.263. The topological polar surface area (TPSA) is 107 Å². The number of hydrogen-bond acceptors (Lipinski definition) is 7. The number of carbonyl (C=O) groups is 2. The standard InChI is InChI=1S/C19H19N3O5/c1-4-25-19(24)16-11(2)15(12(3)20-16)18(23)26-10-14-21-22-17(27-14)13-8-6-5-7-9-13/h5-9,20H,4,10H2,1-3H3. The van der Waals surface area contributed by atoms with Gasteiger partial charge in [-0.05, 0) is 38.5 Å². The first-order valence-corrected chi connectivity index (χ1v) is 8.42. The van der Waals surface area contributed by atoms with E-state index in [1.807, 2.05) is 30.3 Å². The molecule has 140 valence electrons. The minimum atomic E-state index is -0.587. The quantitative estimate of drug-likeness (QED) is 0.665. The van der Waals surface area contributed by atoms with Crippen LogP contribution in [0, 0.1) is 13.8 Å². The molecule has 1 aromatic carbocycles. The van der Waals surface area contributed by atoms with Crippen LogP contribution < -0.4 is 0 Å². The highest BCUT2D eigenvalue weighted by Crippen LogP contribution is 2.21. The van der Waals surface area contributed by atoms with Gasteiger partial charge >= 0.3 is 11.9 Å². The van der Waals surface area contributed by atoms with Crippen LogP contribution in [0.2, 0.25) is 0 Å². The second kappa shape index (κ2) is 7.86. The molecule has 27 heavy (non-hydrogen) atoms. The number of benzene rings is 1. The molecule has 8 heteroatoms. The number of aryl methyl sites for hydroxylation is 1. The maximum Gasteiger partial charge on any atom is 0.355 e. The van der Waals surface area contributed by atoms with Crippen molar-refractivity contribution in [2.24, 2.45) is 0 Å². The van der Waals surface area contributed by atoms with Gasteiger partial charge in [0.15, 0.2) is 6.61 Å². The minimum absolute atomic E-state index is 0.169. The lowest BCUT2D eigenvalue weighted by atomic mass is 10.1. The molecule has 0 radical (unpaired) electrons. The number of ether oxygens (including phenoxy) is 2. The third-order valence-corrected chi connectivity index (χ3v) is 3.94. The van der Waals surface area contributed by atoms with Gasteiger partial charge in [-0.1, -0.05) is 18.2 Å². The van der Waals surface area contributed by atoms with Crippen LogP contribution in [-0.2, 0) is 16.1 Å². The van der Waals surface area contributed by atoms with Crippen LogP contribution in [0.1, 0.15) is 44.9 Å². The summed E-state index contributed by atoms with van der Waals surface area (Å²) in [6.45, 7) is 5.14. The van der Waals surface area contributed by atoms with Gasteiger partial charge in [-0.3, -0.25) is 0 Å². The number of rotatable bonds is 6. The molecule has 0 fully saturated rings. The Hall–Kier alpha value is -3.42. The second-order valence-electron chi connectivity index (χ2n) is 5.79. The first-order valence-electron chi connectivity index (χ1n) is 8.42. The van der Waals surface area contributed by atoms with Crippen molar-refractivity contribution in [2.45, 2.75) is 27.4 Å². The average molecular weight is 369 g/mol. The maximum absolute atomic E-state index is 12.4. The fourth-order valence-electron chi connectivity index (χ4n) is 2.67. The van der Waals surface area contributed by atoms with Crippen molar-refractivity contribution in [1.29, 1.82) is 0 Å². The summed E-state index contributed by atoms with van der Waals surface area (Å²) in [6.07, 6.45) is 0. The summed E-state index contributed by atoms with van der Waals surface area (Å²) in [7, 11) is 0. The van der Waals surface area contributed by atoms with E-state index in [2.05, 4.69) is 15.2 Å². The van der Waals surface area contributed by atoms with E-state index in [-0.39, 0.29) is 24.8 Å². The van der Waals surface area contributed by atoms with Crippen LogP contribution in [0.5, 0.6) is 0 Å². The predicted octanol–water partition coefficient (Wildman–Crippen LogP) is 3.22. The van der Waals surface area contributed by atoms with Crippen LogP contribution >= 0.6 is 0 Å². The van der Waals surface area contributed by atoms with Crippen molar-refractivity contribution in [1.82, 2.24) is 15.2 Å². The Balaban J connectivity index is 1.70. The van der Waals surface area contributed by atoms with Crippen molar-refractivity contribution >= 4 is 11.9 Å². The summed E-state index contributed by atoms with van der Waals surface area (Å²) in [6, 6.07) is 9.28. The lowest BCUT2D eigenvalue weighted by molar-refractivity contribution is 0.0437. The van der Waals surface area contributed by atoms with Crippen molar-refractivity contribution < 1.29 is 23.5 Å². The average Bonchev–Trinajstić information content (AvgIpc) is 3.25. The summed E-state index contributed by atoms with van der Waals surface area (Å²) in [5.74, 6) is -0.572. The zero-order chi connectivity index (χ0) is 19.4. The highest BCUT2D eigenvalue weighted by Gasteiger charge is 2.24. The van der Waals surface area contributed by atoms with E-state index in [4.69, 9.17) is 13.9 Å². The molecule has 8 nitrogen and oxygen atoms in total. The molecule has 0 spiro atoms. The van der Waals surface area contributed by atoms with Gasteiger partial charge in [0.05, 0.1) is 12.2 Å². The van der Waals surface area contributed by atoms with Gasteiger partial charge in [-0.25, -0.2) is 9.59 Å². The molecule has 0 saturated heterocycles. The molecule has 3 aromatic rings. The Bertz CT molecular complexity index is 959. The molecule has 2 heterocycles. The van der Waals surface area contributed by atoms with Crippen LogP contribution in [0.15, 0.2) is 34.7 Å². The molecular formula is C19H19N3O5. The number of aromatic nitrogens is 3. The Morgan fingerprint density at radius 3 is 2.52 bits per heavy atom. The van der Waals surface area contributed by atoms with E-state index in [1.165, 1.54) is 0 Å². The number of H-pyrrole nitrogens is 1. The monoisotopic (exact) mass is 369 g/mol. The summed E-state index contributed by atoms with van der Waals surface area (Å²) in [5.41, 5.74) is 2.31. The summed E-state index contributed by atoms with van der Waals surface area (Å²) in [4.78, 5) is 27.3. The lowest BCUT2D eigenvalue weighted by Gasteiger charge is -2.03. The third-order valence-electron chi connectivity index (χ3n) is 3.94. The number of nitrogens with one attached hydrogen (secondary N) is 1. The molecule has 0 bridgehead atoms. The molecule has 0 saturated carbocycles. The maximum atomic E-state index is 12.4. The molecule has 0 amide bonds. The molecule has 1 N–H and O–H groups in total. The molecule has 0 unspecified atom stereocenters. The predicted molar refractivity (Wildman–Crippen MR) is 95.1 cm³/mol. The highest BCUT2D eigenvalue weighted by atomic mass is 16.5. The van der Waals surface area contributed by atoms with E-state index < -0.39 is 11.9 Å². The van der Waals surface area contributed by atoms with E-state index in [1.54, 1.807) is 20.8 Å². The SMILES string of the molecule is CCOC(=O)c1[nH]c(C)c(C(=O)OCc2nnc(-c3ccccc3)o2)c1C. The van der Waals surface area contributed by atoms with Crippen LogP contribution in [0.25, 0.3) is 11.5 Å². The molecular weight excluding hydrogens is 350 g/mol. The molecule has 0 atom stereocenters. The van der Waals surface area contributed by atoms with Crippen molar-refractivity contribution in [2.75, 3.05) is 6.61 Å². The highest BCUT2D eigenvalue weighted by molar-refractivity contribution is 5.98. The summed E-state index contributed by atoms with van der Waals surface area (Å²) >= 11 is 0. The van der Waals surface area contributed by atoms with Crippen LogP contribution in [0.3, 0.4) is 0 Å². The minimum Gasteiger partial charge on any atom is -0.461 e. The first kappa shape index (κ1) is 18.4. The zero-order valence-electron chi connectivity index (χ0n) is 15.2. The number of aromatic amines is 1. The largest absolute Gasteiger partial charge is 0.461 e. The number of esters is 2. The van der Waals surface area contributed by atoms with Gasteiger partial charge in [-0.15, -0.1) is 10.2 Å². The van der Waals surface area contributed by atoms with Gasteiger partial charge in [0.2, 0.25) is 5.89 Å². The Morgan fingerprint density at radius 1 is 1.07 bits per heavy atom. The molecule has 3 rings (SSSR count). The van der Waals surface area contributed by atoms with Crippen LogP contribution in [-0.4, -0.2) is 33.7 Å². The Morgan fingerprint density at radius 2 is 1.81 bits per heavy atom. The number of nitrogens with zero attached hydrogens (tertiary/aromatic N) is 2. The van der Waals surface area contributed by atoms with Crippen molar-refractivity contribution in [3.8, 4) is 11.5 Å². The Labute approximate surface area is 155 Å². The van der Waals surface area contributed by atoms with Gasteiger partial charge < -0.3 is 18.9 Å². The molecule has 0 aliphatic carbocycles. The van der Waals surface area contributed by atoms with E-state index in [0.717, 1.165) is 5.56 Å². The summed E-state index contributed by atoms with van der Waals surface area (Å²) < 4.78 is 15.8. The summed E-state index contributed by atoms with van der Waals surface area (Å²) in [5, 5.41) is 7.83. The molecule has 0 aliphatic heterocycles. The van der Waals surface area contributed by atoms with E-state index >= 15 is 0 Å². The second-order valence-corrected chi connectivity index (χ2v) is 5.79. The van der Waals surface area contributed by atoms with Crippen LogP contribution in [0.4, 0.5) is 0 Å². The van der Waals surface area contributed by atoms with Gasteiger partial charge in [0.25, 0.3) is 5.89 Å². The number of hydrogen-bond donors (Lipinski definition) is 1. The number of carbonyl (C=O) groups excluding carboxylic acids is 2. The van der Waals surface area contributed by atoms with Gasteiger partial charge in [-0.2, -0.15) is 0 Å². The first-order chi connectivity index (χ1) is 13.0. The molecule has 0 aliphatic rings. The van der Waals surface area contributed by atoms with Gasteiger partial charge in [0, 0.05) is 11.3 Å². The van der Waals surface area contributed by atoms with Crippen molar-refractivity contribution in [3.05, 3.63) is 58.7 Å². The fourth-order valence-corrected chi connectivity index (χ4v) is 2.67. The van der Waals surface area contributed by atoms with E-state index in [9.17, 15) is 9.59 Å². The van der Waals surface area contributed by atoms with E-state index in [0.29, 0.717) is 22.7 Å². The zero-order valence-corrected chi connectivity index (χ0v) is 15.2. The third kappa shape index (κ3) is 3.89. The van der Waals surface area contributed by atoms with Crippen molar-refractivity contribution in [3.63, 3.8) is 0 Å². The lowest BCUT2D eigenvalue weighted by Crippen LogP contribution is -2.09.